The molecule has 0 saturated carbocycles. The molecule has 0 bridgehead atoms. The van der Waals surface area contributed by atoms with Crippen molar-refractivity contribution in [3.8, 4) is 0 Å². The Morgan fingerprint density at radius 3 is 2.93 bits per heavy atom. The van der Waals surface area contributed by atoms with Crippen molar-refractivity contribution in [2.75, 3.05) is 20.1 Å². The van der Waals surface area contributed by atoms with Crippen LogP contribution in [0.3, 0.4) is 0 Å². The Balaban J connectivity index is 1.86. The molecule has 0 aromatic heterocycles. The zero-order valence-corrected chi connectivity index (χ0v) is 8.62. The molecule has 1 fully saturated rings. The number of carbonyl (C=O) groups excluding carboxylic acids is 1. The number of likely N-dealkylation sites (N-methyl/N-ethyl adjacent to an activating group) is 1. The largest absolute Gasteiger partial charge is 0.369 e. The van der Waals surface area contributed by atoms with Gasteiger partial charge in [-0.2, -0.15) is 0 Å². The van der Waals surface area contributed by atoms with Crippen LogP contribution >= 0.6 is 0 Å². The van der Waals surface area contributed by atoms with E-state index in [1.807, 2.05) is 7.05 Å². The van der Waals surface area contributed by atoms with Crippen molar-refractivity contribution in [1.82, 2.24) is 10.2 Å². The fourth-order valence-corrected chi connectivity index (χ4v) is 2.01. The number of likely N-dealkylation sites (tertiary alicyclic amines) is 1. The zero-order chi connectivity index (χ0) is 9.97. The molecule has 1 unspecified atom stereocenters. The summed E-state index contributed by atoms with van der Waals surface area (Å²) >= 11 is 0. The van der Waals surface area contributed by atoms with E-state index in [0.29, 0.717) is 6.42 Å². The van der Waals surface area contributed by atoms with Crippen LogP contribution in [0.4, 0.5) is 0 Å². The van der Waals surface area contributed by atoms with Crippen molar-refractivity contribution in [2.24, 2.45) is 4.99 Å². The second kappa shape index (κ2) is 3.98. The van der Waals surface area contributed by atoms with E-state index in [2.05, 4.69) is 10.3 Å². The standard InChI is InChI=1S/C10H17N3O/c1-13-7-8(6-10(13)14)12-9-4-2-3-5-11-9/h8H,2-7H2,1H3,(H,11,12). The lowest BCUT2D eigenvalue weighted by Crippen LogP contribution is -2.37. The highest BCUT2D eigenvalue weighted by Gasteiger charge is 2.27. The number of aliphatic imine (C=N–C) groups is 1. The van der Waals surface area contributed by atoms with Crippen LogP contribution in [0.1, 0.15) is 25.7 Å². The maximum atomic E-state index is 11.3. The van der Waals surface area contributed by atoms with E-state index in [4.69, 9.17) is 0 Å². The van der Waals surface area contributed by atoms with Crippen molar-refractivity contribution in [2.45, 2.75) is 31.7 Å². The quantitative estimate of drug-likeness (QED) is 0.658. The van der Waals surface area contributed by atoms with Crippen molar-refractivity contribution in [3.63, 3.8) is 0 Å². The maximum absolute atomic E-state index is 11.3. The molecular weight excluding hydrogens is 178 g/mol. The van der Waals surface area contributed by atoms with Crippen molar-refractivity contribution >= 4 is 11.7 Å². The summed E-state index contributed by atoms with van der Waals surface area (Å²) in [5, 5.41) is 3.37. The van der Waals surface area contributed by atoms with Gasteiger partial charge in [-0.05, 0) is 12.8 Å². The summed E-state index contributed by atoms with van der Waals surface area (Å²) in [6.45, 7) is 1.76. The first kappa shape index (κ1) is 9.49. The van der Waals surface area contributed by atoms with Gasteiger partial charge in [0.05, 0.1) is 11.9 Å². The first-order chi connectivity index (χ1) is 6.75. The van der Waals surface area contributed by atoms with Gasteiger partial charge in [-0.3, -0.25) is 9.79 Å². The monoisotopic (exact) mass is 195 g/mol. The summed E-state index contributed by atoms with van der Waals surface area (Å²) < 4.78 is 0. The molecule has 4 nitrogen and oxygen atoms in total. The average Bonchev–Trinajstić information content (AvgIpc) is 2.47. The van der Waals surface area contributed by atoms with E-state index >= 15 is 0 Å². The van der Waals surface area contributed by atoms with Gasteiger partial charge in [0.25, 0.3) is 0 Å². The van der Waals surface area contributed by atoms with E-state index < -0.39 is 0 Å². The Labute approximate surface area is 84.4 Å². The summed E-state index contributed by atoms with van der Waals surface area (Å²) in [6, 6.07) is 0.282. The van der Waals surface area contributed by atoms with Crippen LogP contribution in [0.2, 0.25) is 0 Å². The summed E-state index contributed by atoms with van der Waals surface area (Å²) in [5.74, 6) is 1.34. The third kappa shape index (κ3) is 2.05. The summed E-state index contributed by atoms with van der Waals surface area (Å²) in [7, 11) is 1.85. The van der Waals surface area contributed by atoms with Crippen LogP contribution in [0.25, 0.3) is 0 Å². The van der Waals surface area contributed by atoms with Crippen LogP contribution in [0.15, 0.2) is 4.99 Å². The molecule has 1 atom stereocenters. The lowest BCUT2D eigenvalue weighted by molar-refractivity contribution is -0.126. The first-order valence-electron chi connectivity index (χ1n) is 5.29. The first-order valence-corrected chi connectivity index (χ1v) is 5.29. The molecule has 78 valence electrons. The van der Waals surface area contributed by atoms with E-state index in [1.165, 1.54) is 12.8 Å². The van der Waals surface area contributed by atoms with Gasteiger partial charge in [0.1, 0.15) is 0 Å². The number of hydrogen-bond donors (Lipinski definition) is 1. The number of amides is 1. The lowest BCUT2D eigenvalue weighted by atomic mass is 10.1. The Kier molecular flexibility index (Phi) is 2.70. The SMILES string of the molecule is CN1CC(NC2=NCCCC2)CC1=O. The predicted molar refractivity (Wildman–Crippen MR) is 55.3 cm³/mol. The molecule has 1 N–H and O–H groups in total. The number of carbonyl (C=O) groups is 1. The smallest absolute Gasteiger partial charge is 0.224 e. The van der Waals surface area contributed by atoms with Gasteiger partial charge >= 0.3 is 0 Å². The third-order valence-electron chi connectivity index (χ3n) is 2.84. The number of rotatable bonds is 1. The highest BCUT2D eigenvalue weighted by Crippen LogP contribution is 2.11. The highest BCUT2D eigenvalue weighted by molar-refractivity contribution is 5.85. The highest BCUT2D eigenvalue weighted by atomic mass is 16.2. The van der Waals surface area contributed by atoms with Crippen LogP contribution in [0, 0.1) is 0 Å². The number of nitrogens with zero attached hydrogens (tertiary/aromatic N) is 2. The zero-order valence-electron chi connectivity index (χ0n) is 8.62. The van der Waals surface area contributed by atoms with E-state index in [-0.39, 0.29) is 11.9 Å². The number of nitrogens with one attached hydrogen (secondary N) is 1. The molecule has 4 heteroatoms. The molecule has 0 aliphatic carbocycles. The topological polar surface area (TPSA) is 44.7 Å². The van der Waals surface area contributed by atoms with Gasteiger partial charge in [0.15, 0.2) is 0 Å². The normalized spacial score (nSPS) is 27.8. The second-order valence-electron chi connectivity index (χ2n) is 4.11. The van der Waals surface area contributed by atoms with Crippen molar-refractivity contribution in [1.29, 1.82) is 0 Å². The Bertz CT molecular complexity index is 262. The fourth-order valence-electron chi connectivity index (χ4n) is 2.01. The molecular formula is C10H17N3O. The third-order valence-corrected chi connectivity index (χ3v) is 2.84. The van der Waals surface area contributed by atoms with E-state index in [1.54, 1.807) is 4.90 Å². The van der Waals surface area contributed by atoms with Crippen LogP contribution in [0.5, 0.6) is 0 Å². The molecule has 2 aliphatic heterocycles. The van der Waals surface area contributed by atoms with Gasteiger partial charge in [-0.15, -0.1) is 0 Å². The molecule has 0 radical (unpaired) electrons. The minimum Gasteiger partial charge on any atom is -0.369 e. The predicted octanol–water partition coefficient (Wildman–Crippen LogP) is 0.389. The molecule has 2 rings (SSSR count). The summed E-state index contributed by atoms with van der Waals surface area (Å²) in [5.41, 5.74) is 0. The van der Waals surface area contributed by atoms with Crippen LogP contribution in [-0.4, -0.2) is 42.8 Å². The fraction of sp³-hybridized carbons (Fsp3) is 0.800. The van der Waals surface area contributed by atoms with Gasteiger partial charge in [0, 0.05) is 33.0 Å². The van der Waals surface area contributed by atoms with Crippen molar-refractivity contribution < 1.29 is 4.79 Å². The lowest BCUT2D eigenvalue weighted by Gasteiger charge is -2.18. The molecule has 1 amide bonds. The van der Waals surface area contributed by atoms with Gasteiger partial charge < -0.3 is 10.2 Å². The number of hydrogen-bond acceptors (Lipinski definition) is 3. The Morgan fingerprint density at radius 2 is 2.36 bits per heavy atom. The molecule has 2 aliphatic rings. The van der Waals surface area contributed by atoms with Crippen LogP contribution in [-0.2, 0) is 4.79 Å². The second-order valence-corrected chi connectivity index (χ2v) is 4.11. The van der Waals surface area contributed by atoms with E-state index in [9.17, 15) is 4.79 Å². The van der Waals surface area contributed by atoms with Crippen molar-refractivity contribution in [3.05, 3.63) is 0 Å². The average molecular weight is 195 g/mol. The maximum Gasteiger partial charge on any atom is 0.224 e. The van der Waals surface area contributed by atoms with Gasteiger partial charge in [0.2, 0.25) is 5.91 Å². The van der Waals surface area contributed by atoms with E-state index in [0.717, 1.165) is 25.3 Å². The van der Waals surface area contributed by atoms with Gasteiger partial charge in [-0.25, -0.2) is 0 Å². The minimum atomic E-state index is 0.235. The summed E-state index contributed by atoms with van der Waals surface area (Å²) in [6.07, 6.45) is 4.10. The molecule has 0 aromatic carbocycles. The Morgan fingerprint density at radius 1 is 1.50 bits per heavy atom. The molecule has 0 aromatic rings. The molecule has 2 heterocycles. The summed E-state index contributed by atoms with van der Waals surface area (Å²) in [4.78, 5) is 17.5. The van der Waals surface area contributed by atoms with Gasteiger partial charge in [-0.1, -0.05) is 0 Å². The van der Waals surface area contributed by atoms with Crippen LogP contribution < -0.4 is 5.32 Å². The molecule has 14 heavy (non-hydrogen) atoms. The Hall–Kier alpha value is -1.06. The molecule has 1 saturated heterocycles. The number of amidine groups is 1. The molecule has 0 spiro atoms. The minimum absolute atomic E-state index is 0.235.